The Hall–Kier alpha value is -2.48. The van der Waals surface area contributed by atoms with Gasteiger partial charge in [-0.15, -0.1) is 13.2 Å². The summed E-state index contributed by atoms with van der Waals surface area (Å²) in [6.07, 6.45) is 1.74. The van der Waals surface area contributed by atoms with Crippen LogP contribution in [0.4, 0.5) is 0 Å². The number of benzene rings is 2. The number of phenolic OH excluding ortho intramolecular Hbond substituents is 2. The second-order valence-electron chi connectivity index (χ2n) is 3.13. The Morgan fingerprint density at radius 3 is 1.50 bits per heavy atom. The molecule has 0 amide bonds. The molecule has 18 heavy (non-hydrogen) atoms. The van der Waals surface area contributed by atoms with Gasteiger partial charge in [0.05, 0.1) is 0 Å². The van der Waals surface area contributed by atoms with Gasteiger partial charge >= 0.3 is 0 Å². The van der Waals surface area contributed by atoms with E-state index in [1.54, 1.807) is 42.5 Å². The van der Waals surface area contributed by atoms with Crippen LogP contribution in [0.1, 0.15) is 5.56 Å². The van der Waals surface area contributed by atoms with Crippen molar-refractivity contribution in [2.75, 3.05) is 0 Å². The zero-order valence-electron chi connectivity index (χ0n) is 10.3. The van der Waals surface area contributed by atoms with Gasteiger partial charge in [0.1, 0.15) is 11.5 Å². The van der Waals surface area contributed by atoms with Gasteiger partial charge in [0.2, 0.25) is 0 Å². The minimum absolute atomic E-state index is 0.292. The van der Waals surface area contributed by atoms with Crippen molar-refractivity contribution in [3.05, 3.63) is 79.9 Å². The zero-order chi connectivity index (χ0) is 13.8. The molecular formula is C16H18O2. The Labute approximate surface area is 108 Å². The first-order valence-corrected chi connectivity index (χ1v) is 5.38. The molecule has 2 aromatic carbocycles. The molecule has 0 aliphatic heterocycles. The fourth-order valence-electron chi connectivity index (χ4n) is 1.04. The van der Waals surface area contributed by atoms with E-state index in [0.717, 1.165) is 5.56 Å². The molecule has 94 valence electrons. The summed E-state index contributed by atoms with van der Waals surface area (Å²) in [5, 5.41) is 17.5. The Balaban J connectivity index is 0.000000289. The van der Waals surface area contributed by atoms with Crippen molar-refractivity contribution in [1.29, 1.82) is 0 Å². The molecule has 0 aliphatic rings. The molecule has 0 spiro atoms. The summed E-state index contributed by atoms with van der Waals surface area (Å²) < 4.78 is 0. The number of hydrogen-bond donors (Lipinski definition) is 2. The van der Waals surface area contributed by atoms with Gasteiger partial charge < -0.3 is 10.2 Å². The van der Waals surface area contributed by atoms with Crippen LogP contribution in [0.3, 0.4) is 0 Å². The number of rotatable bonds is 1. The smallest absolute Gasteiger partial charge is 0.115 e. The van der Waals surface area contributed by atoms with Gasteiger partial charge in [0, 0.05) is 0 Å². The summed E-state index contributed by atoms with van der Waals surface area (Å²) >= 11 is 0. The van der Waals surface area contributed by atoms with Gasteiger partial charge in [-0.2, -0.15) is 0 Å². The van der Waals surface area contributed by atoms with E-state index >= 15 is 0 Å². The standard InChI is InChI=1S/C8H8O.C6H6O.C2H4/c1-2-7-3-5-8(9)6-4-7;7-6-4-2-1-3-5-6;1-2/h2-6,9H,1H2;1-5,7H;1-2H2. The van der Waals surface area contributed by atoms with E-state index in [9.17, 15) is 0 Å². The molecule has 2 nitrogen and oxygen atoms in total. The number of phenols is 2. The first-order chi connectivity index (χ1) is 8.72. The van der Waals surface area contributed by atoms with Gasteiger partial charge in [0.15, 0.2) is 0 Å². The molecule has 0 saturated carbocycles. The average molecular weight is 242 g/mol. The van der Waals surface area contributed by atoms with E-state index in [2.05, 4.69) is 19.7 Å². The molecule has 0 atom stereocenters. The van der Waals surface area contributed by atoms with Crippen LogP contribution in [0.15, 0.2) is 74.3 Å². The maximum atomic E-state index is 8.82. The molecular weight excluding hydrogens is 224 g/mol. The summed E-state index contributed by atoms with van der Waals surface area (Å²) in [6, 6.07) is 15.6. The quantitative estimate of drug-likeness (QED) is 0.735. The normalized spacial score (nSPS) is 8.00. The average Bonchev–Trinajstić information content (AvgIpc) is 2.43. The lowest BCUT2D eigenvalue weighted by Crippen LogP contribution is -1.67. The third-order valence-electron chi connectivity index (χ3n) is 1.88. The molecule has 2 N–H and O–H groups in total. The number of para-hydroxylation sites is 1. The lowest BCUT2D eigenvalue weighted by molar-refractivity contribution is 0.475. The summed E-state index contributed by atoms with van der Waals surface area (Å²) in [5.74, 6) is 0.614. The number of hydrogen-bond acceptors (Lipinski definition) is 2. The topological polar surface area (TPSA) is 40.5 Å². The van der Waals surface area contributed by atoms with E-state index in [0.29, 0.717) is 11.5 Å². The summed E-state index contributed by atoms with van der Waals surface area (Å²) in [4.78, 5) is 0. The van der Waals surface area contributed by atoms with Crippen molar-refractivity contribution in [2.45, 2.75) is 0 Å². The fourth-order valence-corrected chi connectivity index (χ4v) is 1.04. The molecule has 0 aliphatic carbocycles. The zero-order valence-corrected chi connectivity index (χ0v) is 10.3. The van der Waals surface area contributed by atoms with Gasteiger partial charge in [-0.1, -0.05) is 43.0 Å². The van der Waals surface area contributed by atoms with E-state index in [1.165, 1.54) is 0 Å². The van der Waals surface area contributed by atoms with Crippen molar-refractivity contribution >= 4 is 6.08 Å². The highest BCUT2D eigenvalue weighted by Crippen LogP contribution is 2.09. The Morgan fingerprint density at radius 2 is 1.17 bits per heavy atom. The van der Waals surface area contributed by atoms with Crippen molar-refractivity contribution in [3.63, 3.8) is 0 Å². The highest BCUT2D eigenvalue weighted by atomic mass is 16.3. The first-order valence-electron chi connectivity index (χ1n) is 5.38. The Kier molecular flexibility index (Phi) is 8.39. The van der Waals surface area contributed by atoms with Crippen molar-refractivity contribution in [2.24, 2.45) is 0 Å². The third kappa shape index (κ3) is 6.90. The number of aromatic hydroxyl groups is 2. The second kappa shape index (κ2) is 9.73. The van der Waals surface area contributed by atoms with Crippen LogP contribution >= 0.6 is 0 Å². The second-order valence-corrected chi connectivity index (χ2v) is 3.13. The molecule has 0 fully saturated rings. The summed E-state index contributed by atoms with van der Waals surface area (Å²) in [5.41, 5.74) is 1.02. The van der Waals surface area contributed by atoms with Crippen molar-refractivity contribution < 1.29 is 10.2 Å². The van der Waals surface area contributed by atoms with E-state index in [4.69, 9.17) is 10.2 Å². The molecule has 0 aromatic heterocycles. The van der Waals surface area contributed by atoms with E-state index < -0.39 is 0 Å². The molecule has 0 radical (unpaired) electrons. The van der Waals surface area contributed by atoms with Crippen LogP contribution in [0.5, 0.6) is 11.5 Å². The van der Waals surface area contributed by atoms with Crippen molar-refractivity contribution in [1.82, 2.24) is 0 Å². The summed E-state index contributed by atoms with van der Waals surface area (Å²) in [6.45, 7) is 9.58. The predicted molar refractivity (Wildman–Crippen MR) is 77.6 cm³/mol. The minimum atomic E-state index is 0.292. The lowest BCUT2D eigenvalue weighted by atomic mass is 10.2. The molecule has 2 heteroatoms. The van der Waals surface area contributed by atoms with Gasteiger partial charge in [0.25, 0.3) is 0 Å². The van der Waals surface area contributed by atoms with Crippen molar-refractivity contribution in [3.8, 4) is 11.5 Å². The maximum Gasteiger partial charge on any atom is 0.115 e. The summed E-state index contributed by atoms with van der Waals surface area (Å²) in [7, 11) is 0. The predicted octanol–water partition coefficient (Wildman–Crippen LogP) is 4.23. The highest BCUT2D eigenvalue weighted by Gasteiger charge is 1.84. The van der Waals surface area contributed by atoms with Crippen LogP contribution < -0.4 is 0 Å². The molecule has 0 heterocycles. The third-order valence-corrected chi connectivity index (χ3v) is 1.88. The van der Waals surface area contributed by atoms with Crippen LogP contribution in [0, 0.1) is 0 Å². The van der Waals surface area contributed by atoms with Gasteiger partial charge in [-0.05, 0) is 29.8 Å². The SMILES string of the molecule is C=C.C=Cc1ccc(O)cc1.Oc1ccccc1. The van der Waals surface area contributed by atoms with Crippen LogP contribution in [0.25, 0.3) is 6.08 Å². The molecule has 0 unspecified atom stereocenters. The van der Waals surface area contributed by atoms with Crippen LogP contribution in [-0.2, 0) is 0 Å². The molecule has 0 bridgehead atoms. The highest BCUT2D eigenvalue weighted by molar-refractivity contribution is 5.47. The Bertz CT molecular complexity index is 432. The van der Waals surface area contributed by atoms with Crippen LogP contribution in [-0.4, -0.2) is 10.2 Å². The first kappa shape index (κ1) is 15.5. The van der Waals surface area contributed by atoms with Crippen LogP contribution in [0.2, 0.25) is 0 Å². The maximum absolute atomic E-state index is 8.82. The van der Waals surface area contributed by atoms with Gasteiger partial charge in [-0.25, -0.2) is 0 Å². The molecule has 2 rings (SSSR count). The Morgan fingerprint density at radius 1 is 0.722 bits per heavy atom. The minimum Gasteiger partial charge on any atom is -0.508 e. The van der Waals surface area contributed by atoms with E-state index in [-0.39, 0.29) is 0 Å². The molecule has 2 aromatic rings. The monoisotopic (exact) mass is 242 g/mol. The van der Waals surface area contributed by atoms with E-state index in [1.807, 2.05) is 18.2 Å². The lowest BCUT2D eigenvalue weighted by Gasteiger charge is -1.90. The van der Waals surface area contributed by atoms with Gasteiger partial charge in [-0.3, -0.25) is 0 Å². The molecule has 0 saturated heterocycles. The fraction of sp³-hybridized carbons (Fsp3) is 0. The largest absolute Gasteiger partial charge is 0.508 e.